The van der Waals surface area contributed by atoms with Crippen molar-refractivity contribution in [2.24, 2.45) is 7.05 Å². The van der Waals surface area contributed by atoms with Gasteiger partial charge >= 0.3 is 0 Å². The lowest BCUT2D eigenvalue weighted by atomic mass is 10.1. The fraction of sp³-hybridized carbons (Fsp3) is 0.667. The van der Waals surface area contributed by atoms with E-state index in [1.54, 1.807) is 0 Å². The molecule has 0 saturated carbocycles. The number of unbranched alkanes of at least 4 members (excludes halogenated alkanes) is 1. The Bertz CT molecular complexity index is 411. The number of amides is 1. The summed E-state index contributed by atoms with van der Waals surface area (Å²) in [6.07, 6.45) is 3.04. The first-order valence-corrected chi connectivity index (χ1v) is 6.27. The van der Waals surface area contributed by atoms with Crippen LogP contribution in [0.4, 0.5) is 0 Å². The van der Waals surface area contributed by atoms with Crippen LogP contribution in [0, 0.1) is 0 Å². The molecule has 0 unspecified atom stereocenters. The number of hydrogen-bond acceptors (Lipinski definition) is 3. The number of nitrogens with one attached hydrogen (secondary N) is 2. The Morgan fingerprint density at radius 2 is 2.41 bits per heavy atom. The molecule has 0 aliphatic carbocycles. The Kier molecular flexibility index (Phi) is 3.78. The highest BCUT2D eigenvalue weighted by atomic mass is 16.1. The van der Waals surface area contributed by atoms with Gasteiger partial charge in [0.1, 0.15) is 0 Å². The van der Waals surface area contributed by atoms with Crippen LogP contribution in [0.3, 0.4) is 0 Å². The SMILES string of the molecule is CCCCNC(=O)c1nn(C)c2c1CNCC2. The number of nitrogens with zero attached hydrogens (tertiary/aromatic N) is 2. The number of carbonyl (C=O) groups is 1. The van der Waals surface area contributed by atoms with Crippen molar-refractivity contribution in [3.8, 4) is 0 Å². The maximum Gasteiger partial charge on any atom is 0.272 e. The normalized spacial score (nSPS) is 14.5. The van der Waals surface area contributed by atoms with Gasteiger partial charge in [-0.25, -0.2) is 0 Å². The first-order chi connectivity index (χ1) is 8.24. The zero-order valence-corrected chi connectivity index (χ0v) is 10.5. The largest absolute Gasteiger partial charge is 0.351 e. The first kappa shape index (κ1) is 12.1. The third-order valence-corrected chi connectivity index (χ3v) is 3.15. The van der Waals surface area contributed by atoms with Gasteiger partial charge in [-0.05, 0) is 6.42 Å². The number of hydrogen-bond donors (Lipinski definition) is 2. The number of aryl methyl sites for hydroxylation is 1. The number of aromatic nitrogens is 2. The smallest absolute Gasteiger partial charge is 0.272 e. The van der Waals surface area contributed by atoms with Crippen molar-refractivity contribution in [1.82, 2.24) is 20.4 Å². The molecule has 2 rings (SSSR count). The molecule has 0 fully saturated rings. The molecule has 1 aromatic heterocycles. The Morgan fingerprint density at radius 1 is 1.59 bits per heavy atom. The van der Waals surface area contributed by atoms with E-state index in [1.807, 2.05) is 11.7 Å². The third kappa shape index (κ3) is 2.49. The van der Waals surface area contributed by atoms with Gasteiger partial charge in [0.05, 0.1) is 0 Å². The number of rotatable bonds is 4. The second kappa shape index (κ2) is 5.31. The van der Waals surface area contributed by atoms with Gasteiger partial charge in [0.2, 0.25) is 0 Å². The molecule has 5 nitrogen and oxygen atoms in total. The predicted molar refractivity (Wildman–Crippen MR) is 65.9 cm³/mol. The molecule has 0 aromatic carbocycles. The van der Waals surface area contributed by atoms with Crippen molar-refractivity contribution in [2.75, 3.05) is 13.1 Å². The van der Waals surface area contributed by atoms with Crippen molar-refractivity contribution in [3.63, 3.8) is 0 Å². The van der Waals surface area contributed by atoms with Gasteiger partial charge in [0, 0.05) is 44.4 Å². The molecule has 17 heavy (non-hydrogen) atoms. The topological polar surface area (TPSA) is 59.0 Å². The van der Waals surface area contributed by atoms with Crippen molar-refractivity contribution in [3.05, 3.63) is 17.0 Å². The molecule has 2 heterocycles. The van der Waals surface area contributed by atoms with E-state index in [4.69, 9.17) is 0 Å². The Hall–Kier alpha value is -1.36. The number of fused-ring (bicyclic) bond motifs is 1. The highest BCUT2D eigenvalue weighted by molar-refractivity contribution is 5.94. The standard InChI is InChI=1S/C12H20N4O/c1-3-4-6-14-12(17)11-9-8-13-7-5-10(9)16(2)15-11/h13H,3-8H2,1-2H3,(H,14,17). The van der Waals surface area contributed by atoms with Crippen LogP contribution in [0.25, 0.3) is 0 Å². The highest BCUT2D eigenvalue weighted by Crippen LogP contribution is 2.17. The van der Waals surface area contributed by atoms with E-state index in [1.165, 1.54) is 5.69 Å². The summed E-state index contributed by atoms with van der Waals surface area (Å²) in [5, 5.41) is 10.5. The fourth-order valence-electron chi connectivity index (χ4n) is 2.17. The number of carbonyl (C=O) groups excluding carboxylic acids is 1. The average molecular weight is 236 g/mol. The molecular formula is C12H20N4O. The summed E-state index contributed by atoms with van der Waals surface area (Å²) in [7, 11) is 1.91. The minimum absolute atomic E-state index is 0.0426. The fourth-order valence-corrected chi connectivity index (χ4v) is 2.17. The summed E-state index contributed by atoms with van der Waals surface area (Å²) < 4.78 is 1.84. The lowest BCUT2D eigenvalue weighted by Crippen LogP contribution is -2.29. The third-order valence-electron chi connectivity index (χ3n) is 3.15. The van der Waals surface area contributed by atoms with Crippen molar-refractivity contribution >= 4 is 5.91 Å². The summed E-state index contributed by atoms with van der Waals surface area (Å²) in [5.74, 6) is -0.0426. The van der Waals surface area contributed by atoms with Crippen LogP contribution in [0.5, 0.6) is 0 Å². The second-order valence-electron chi connectivity index (χ2n) is 4.43. The minimum atomic E-state index is -0.0426. The van der Waals surface area contributed by atoms with Crippen LogP contribution in [0.1, 0.15) is 41.5 Å². The molecule has 1 amide bonds. The van der Waals surface area contributed by atoms with Gasteiger partial charge in [0.15, 0.2) is 5.69 Å². The maximum absolute atomic E-state index is 12.0. The van der Waals surface area contributed by atoms with Crippen LogP contribution in [-0.4, -0.2) is 28.8 Å². The highest BCUT2D eigenvalue weighted by Gasteiger charge is 2.22. The molecular weight excluding hydrogens is 216 g/mol. The van der Waals surface area contributed by atoms with Crippen molar-refractivity contribution in [2.45, 2.75) is 32.7 Å². The zero-order valence-electron chi connectivity index (χ0n) is 10.5. The van der Waals surface area contributed by atoms with Gasteiger partial charge in [-0.1, -0.05) is 13.3 Å². The molecule has 5 heteroatoms. The lowest BCUT2D eigenvalue weighted by Gasteiger charge is -2.14. The average Bonchev–Trinajstić information content (AvgIpc) is 2.68. The Balaban J connectivity index is 2.12. The molecule has 94 valence electrons. The van der Waals surface area contributed by atoms with Crippen LogP contribution in [-0.2, 0) is 20.0 Å². The van der Waals surface area contributed by atoms with E-state index < -0.39 is 0 Å². The van der Waals surface area contributed by atoms with E-state index in [-0.39, 0.29) is 5.91 Å². The molecule has 1 aliphatic heterocycles. The molecule has 0 spiro atoms. The first-order valence-electron chi connectivity index (χ1n) is 6.27. The van der Waals surface area contributed by atoms with Crippen LogP contribution >= 0.6 is 0 Å². The van der Waals surface area contributed by atoms with E-state index in [0.29, 0.717) is 5.69 Å². The van der Waals surface area contributed by atoms with Crippen molar-refractivity contribution < 1.29 is 4.79 Å². The molecule has 0 bridgehead atoms. The summed E-state index contributed by atoms with van der Waals surface area (Å²) in [5.41, 5.74) is 2.84. The van der Waals surface area contributed by atoms with Gasteiger partial charge in [-0.15, -0.1) is 0 Å². The zero-order chi connectivity index (χ0) is 12.3. The second-order valence-corrected chi connectivity index (χ2v) is 4.43. The van der Waals surface area contributed by atoms with Gasteiger partial charge in [-0.2, -0.15) is 5.10 Å². The van der Waals surface area contributed by atoms with Crippen LogP contribution < -0.4 is 10.6 Å². The molecule has 2 N–H and O–H groups in total. The Morgan fingerprint density at radius 3 is 3.18 bits per heavy atom. The molecule has 1 aromatic rings. The predicted octanol–water partition coefficient (Wildman–Crippen LogP) is 0.596. The maximum atomic E-state index is 12.0. The van der Waals surface area contributed by atoms with E-state index in [2.05, 4.69) is 22.7 Å². The van der Waals surface area contributed by atoms with Crippen LogP contribution in [0.2, 0.25) is 0 Å². The molecule has 0 atom stereocenters. The van der Waals surface area contributed by atoms with Gasteiger partial charge in [0.25, 0.3) is 5.91 Å². The monoisotopic (exact) mass is 236 g/mol. The van der Waals surface area contributed by atoms with Gasteiger partial charge < -0.3 is 10.6 Å². The summed E-state index contributed by atoms with van der Waals surface area (Å²) >= 11 is 0. The minimum Gasteiger partial charge on any atom is -0.351 e. The Labute approximate surface area is 102 Å². The lowest BCUT2D eigenvalue weighted by molar-refractivity contribution is 0.0946. The molecule has 0 radical (unpaired) electrons. The van der Waals surface area contributed by atoms with E-state index >= 15 is 0 Å². The molecule has 1 aliphatic rings. The van der Waals surface area contributed by atoms with Crippen molar-refractivity contribution in [1.29, 1.82) is 0 Å². The van der Waals surface area contributed by atoms with E-state index in [9.17, 15) is 4.79 Å². The summed E-state index contributed by atoms with van der Waals surface area (Å²) in [6, 6.07) is 0. The molecule has 0 saturated heterocycles. The summed E-state index contributed by atoms with van der Waals surface area (Å²) in [6.45, 7) is 4.55. The quantitative estimate of drug-likeness (QED) is 0.752. The summed E-state index contributed by atoms with van der Waals surface area (Å²) in [4.78, 5) is 12.0. The van der Waals surface area contributed by atoms with Crippen LogP contribution in [0.15, 0.2) is 0 Å². The van der Waals surface area contributed by atoms with Gasteiger partial charge in [-0.3, -0.25) is 9.48 Å². The van der Waals surface area contributed by atoms with E-state index in [0.717, 1.165) is 44.5 Å².